The zero-order valence-corrected chi connectivity index (χ0v) is 15.4. The van der Waals surface area contributed by atoms with Gasteiger partial charge in [-0.15, -0.1) is 0 Å². The van der Waals surface area contributed by atoms with Crippen LogP contribution in [0.15, 0.2) is 48.5 Å². The predicted octanol–water partition coefficient (Wildman–Crippen LogP) is -0.0859. The molecule has 5 nitrogen and oxygen atoms in total. The van der Waals surface area contributed by atoms with Crippen LogP contribution in [0, 0.1) is 0 Å². The summed E-state index contributed by atoms with van der Waals surface area (Å²) >= 11 is 0. The van der Waals surface area contributed by atoms with E-state index in [0.717, 1.165) is 37.8 Å². The Morgan fingerprint density at radius 2 is 1.65 bits per heavy atom. The highest BCUT2D eigenvalue weighted by atomic mass is 35.5. The molecular weight excluding hydrogens is 354 g/mol. The summed E-state index contributed by atoms with van der Waals surface area (Å²) in [5.74, 6) is 2.21. The van der Waals surface area contributed by atoms with Gasteiger partial charge in [0.15, 0.2) is 11.5 Å². The van der Waals surface area contributed by atoms with Gasteiger partial charge in [0.05, 0.1) is 19.3 Å². The van der Waals surface area contributed by atoms with Crippen molar-refractivity contribution in [1.82, 2.24) is 4.90 Å². The molecule has 26 heavy (non-hydrogen) atoms. The Morgan fingerprint density at radius 1 is 0.885 bits per heavy atom. The second kappa shape index (κ2) is 9.12. The van der Waals surface area contributed by atoms with E-state index in [0.29, 0.717) is 25.6 Å². The summed E-state index contributed by atoms with van der Waals surface area (Å²) in [7, 11) is 0. The number of fused-ring (bicyclic) bond motifs is 1. The second-order valence-electron chi connectivity index (χ2n) is 6.17. The van der Waals surface area contributed by atoms with Crippen LogP contribution >= 0.6 is 0 Å². The van der Waals surface area contributed by atoms with Crippen LogP contribution in [0.4, 0.5) is 0 Å². The molecule has 0 aliphatic carbocycles. The molecule has 2 aromatic carbocycles. The zero-order valence-electron chi connectivity index (χ0n) is 14.6. The normalized spacial score (nSPS) is 17.8. The quantitative estimate of drug-likeness (QED) is 0.729. The van der Waals surface area contributed by atoms with Gasteiger partial charge in [-0.25, -0.2) is 0 Å². The summed E-state index contributed by atoms with van der Waals surface area (Å²) in [6.45, 7) is 5.05. The fraction of sp³-hybridized carbons (Fsp3) is 0.400. The highest BCUT2D eigenvalue weighted by Gasteiger charge is 2.24. The molecule has 140 valence electrons. The Kier molecular flexibility index (Phi) is 6.61. The van der Waals surface area contributed by atoms with Gasteiger partial charge >= 0.3 is 0 Å². The van der Waals surface area contributed by atoms with E-state index in [-0.39, 0.29) is 18.4 Å². The first kappa shape index (κ1) is 18.8. The van der Waals surface area contributed by atoms with Gasteiger partial charge in [0.2, 0.25) is 5.75 Å². The number of halogens is 1. The van der Waals surface area contributed by atoms with Crippen LogP contribution in [-0.4, -0.2) is 51.0 Å². The molecule has 0 saturated carbocycles. The molecule has 1 unspecified atom stereocenters. The number of rotatable bonds is 5. The Balaban J connectivity index is 0.00000196. The van der Waals surface area contributed by atoms with Gasteiger partial charge in [-0.05, 0) is 17.7 Å². The Labute approximate surface area is 160 Å². The fourth-order valence-electron chi connectivity index (χ4n) is 3.31. The van der Waals surface area contributed by atoms with Crippen molar-refractivity contribution in [1.29, 1.82) is 0 Å². The third-order valence-electron chi connectivity index (χ3n) is 4.60. The van der Waals surface area contributed by atoms with Crippen LogP contribution in [-0.2, 0) is 4.74 Å². The average Bonchev–Trinajstić information content (AvgIpc) is 2.70. The highest BCUT2D eigenvalue weighted by Crippen LogP contribution is 2.39. The molecular formula is C20H23ClNO4-. The van der Waals surface area contributed by atoms with E-state index >= 15 is 0 Å². The SMILES string of the molecule is [Cl-].c1ccc(C(COc2cccc3c2OCCO3)N2CCOCC2)cc1. The van der Waals surface area contributed by atoms with Gasteiger partial charge in [0, 0.05) is 13.1 Å². The lowest BCUT2D eigenvalue weighted by atomic mass is 10.1. The molecule has 1 atom stereocenters. The van der Waals surface area contributed by atoms with E-state index in [4.69, 9.17) is 18.9 Å². The lowest BCUT2D eigenvalue weighted by Crippen LogP contribution is -3.00. The first-order chi connectivity index (χ1) is 12.4. The number of hydrogen-bond donors (Lipinski definition) is 0. The monoisotopic (exact) mass is 376 g/mol. The summed E-state index contributed by atoms with van der Waals surface area (Å²) in [6, 6.07) is 16.5. The summed E-state index contributed by atoms with van der Waals surface area (Å²) < 4.78 is 23.1. The van der Waals surface area contributed by atoms with Crippen LogP contribution in [0.25, 0.3) is 0 Å². The molecule has 2 aliphatic heterocycles. The van der Waals surface area contributed by atoms with Crippen molar-refractivity contribution in [3.8, 4) is 17.2 Å². The maximum absolute atomic E-state index is 6.19. The first-order valence-electron chi connectivity index (χ1n) is 8.80. The van der Waals surface area contributed by atoms with E-state index in [1.165, 1.54) is 5.56 Å². The van der Waals surface area contributed by atoms with Gasteiger partial charge in [0.25, 0.3) is 0 Å². The van der Waals surface area contributed by atoms with E-state index < -0.39 is 0 Å². The topological polar surface area (TPSA) is 40.2 Å². The van der Waals surface area contributed by atoms with Crippen molar-refractivity contribution in [2.24, 2.45) is 0 Å². The third-order valence-corrected chi connectivity index (χ3v) is 4.60. The van der Waals surface area contributed by atoms with E-state index in [1.54, 1.807) is 0 Å². The summed E-state index contributed by atoms with van der Waals surface area (Å²) in [6.07, 6.45) is 0. The Bertz CT molecular complexity index is 691. The minimum absolute atomic E-state index is 0. The van der Waals surface area contributed by atoms with Crippen molar-refractivity contribution >= 4 is 0 Å². The number of hydrogen-bond acceptors (Lipinski definition) is 5. The third kappa shape index (κ3) is 4.23. The molecule has 6 heteroatoms. The smallest absolute Gasteiger partial charge is 0.203 e. The van der Waals surface area contributed by atoms with E-state index in [1.807, 2.05) is 24.3 Å². The van der Waals surface area contributed by atoms with E-state index in [2.05, 4.69) is 29.2 Å². The standard InChI is InChI=1S/C20H23NO4.ClH/c1-2-5-16(6-3-1)17(21-9-11-22-12-10-21)15-25-19-8-4-7-18-20(19)24-14-13-23-18;/h1-8,17H,9-15H2;1H/p-1. The van der Waals surface area contributed by atoms with Gasteiger partial charge in [-0.1, -0.05) is 36.4 Å². The lowest BCUT2D eigenvalue weighted by Gasteiger charge is -2.34. The highest BCUT2D eigenvalue weighted by molar-refractivity contribution is 5.51. The number of nitrogens with zero attached hydrogens (tertiary/aromatic N) is 1. The van der Waals surface area contributed by atoms with Crippen molar-refractivity contribution in [2.75, 3.05) is 46.1 Å². The average molecular weight is 377 g/mol. The molecule has 2 aliphatic rings. The molecule has 1 fully saturated rings. The number of benzene rings is 2. The number of para-hydroxylation sites is 1. The van der Waals surface area contributed by atoms with Crippen molar-refractivity contribution < 1.29 is 31.4 Å². The molecule has 0 bridgehead atoms. The summed E-state index contributed by atoms with van der Waals surface area (Å²) in [4.78, 5) is 2.42. The van der Waals surface area contributed by atoms with E-state index in [9.17, 15) is 0 Å². The fourth-order valence-corrected chi connectivity index (χ4v) is 3.31. The lowest BCUT2D eigenvalue weighted by molar-refractivity contribution is -0.0000192. The molecule has 0 N–H and O–H groups in total. The van der Waals surface area contributed by atoms with Crippen LogP contribution in [0.3, 0.4) is 0 Å². The minimum atomic E-state index is 0. The maximum atomic E-state index is 6.19. The Hall–Kier alpha value is -1.95. The van der Waals surface area contributed by atoms with Gasteiger partial charge in [-0.2, -0.15) is 0 Å². The van der Waals surface area contributed by atoms with Gasteiger partial charge in [-0.3, -0.25) is 4.90 Å². The molecule has 2 heterocycles. The second-order valence-corrected chi connectivity index (χ2v) is 6.17. The molecule has 4 rings (SSSR count). The molecule has 0 spiro atoms. The van der Waals surface area contributed by atoms with Crippen LogP contribution < -0.4 is 26.6 Å². The summed E-state index contributed by atoms with van der Waals surface area (Å²) in [5.41, 5.74) is 1.26. The maximum Gasteiger partial charge on any atom is 0.203 e. The van der Waals surface area contributed by atoms with Crippen LogP contribution in [0.5, 0.6) is 17.2 Å². The number of morpholine rings is 1. The molecule has 0 aromatic heterocycles. The molecule has 0 amide bonds. The van der Waals surface area contributed by atoms with Crippen LogP contribution in [0.2, 0.25) is 0 Å². The predicted molar refractivity (Wildman–Crippen MR) is 94.5 cm³/mol. The minimum Gasteiger partial charge on any atom is -1.00 e. The summed E-state index contributed by atoms with van der Waals surface area (Å²) in [5, 5.41) is 0. The molecule has 2 aromatic rings. The van der Waals surface area contributed by atoms with Crippen molar-refractivity contribution in [3.05, 3.63) is 54.1 Å². The zero-order chi connectivity index (χ0) is 16.9. The van der Waals surface area contributed by atoms with Gasteiger partial charge < -0.3 is 31.4 Å². The first-order valence-corrected chi connectivity index (χ1v) is 8.80. The number of ether oxygens (including phenoxy) is 4. The Morgan fingerprint density at radius 3 is 2.46 bits per heavy atom. The van der Waals surface area contributed by atoms with Gasteiger partial charge in [0.1, 0.15) is 19.8 Å². The molecule has 1 saturated heterocycles. The van der Waals surface area contributed by atoms with Crippen LogP contribution in [0.1, 0.15) is 11.6 Å². The largest absolute Gasteiger partial charge is 1.00 e. The van der Waals surface area contributed by atoms with Crippen molar-refractivity contribution in [2.45, 2.75) is 6.04 Å². The molecule has 0 radical (unpaired) electrons. The van der Waals surface area contributed by atoms with Crippen molar-refractivity contribution in [3.63, 3.8) is 0 Å².